The van der Waals surface area contributed by atoms with Crippen LogP contribution in [0.3, 0.4) is 0 Å². The number of aliphatic hydroxyl groups excluding tert-OH is 1. The fourth-order valence-electron chi connectivity index (χ4n) is 4.09. The first kappa shape index (κ1) is 45.6. The van der Waals surface area contributed by atoms with Crippen molar-refractivity contribution < 1.29 is 69.5 Å². The van der Waals surface area contributed by atoms with Gasteiger partial charge in [0.1, 0.15) is 22.5 Å². The number of carboxylic acids is 1. The number of benzene rings is 3. The minimum Gasteiger partial charge on any atom is -0.514 e. The van der Waals surface area contributed by atoms with Gasteiger partial charge >= 0.3 is 30.3 Å². The van der Waals surface area contributed by atoms with Crippen molar-refractivity contribution >= 4 is 34.5 Å². The zero-order chi connectivity index (χ0) is 41.9. The Morgan fingerprint density at radius 1 is 0.732 bits per heavy atom. The monoisotopic (exact) mass is 808 g/mol. The van der Waals surface area contributed by atoms with Gasteiger partial charge in [0.15, 0.2) is 0 Å². The molecule has 0 saturated heterocycles. The summed E-state index contributed by atoms with van der Waals surface area (Å²) in [6.45, 7) is 5.19. The SMILES string of the molecule is CC#CC(=O)OCC.CCOC(=O)c1c(-c2ccccc2)noc1C(F)(F)F.O=C(O)c1c(-c2ccccc2)noc1C(F)(F)F.OC=C(Cl)c1ccccc1. The number of rotatable bonds is 7. The summed E-state index contributed by atoms with van der Waals surface area (Å²) in [5, 5.41) is 24.3. The van der Waals surface area contributed by atoms with Gasteiger partial charge in [0.05, 0.1) is 24.5 Å². The number of hydrogen-bond acceptors (Lipinski definition) is 10. The van der Waals surface area contributed by atoms with Gasteiger partial charge in [0, 0.05) is 17.0 Å². The number of carbonyl (C=O) groups excluding carboxylic acids is 2. The van der Waals surface area contributed by atoms with Crippen molar-refractivity contribution in [1.82, 2.24) is 10.3 Å². The molecule has 2 aromatic heterocycles. The lowest BCUT2D eigenvalue weighted by Crippen LogP contribution is -2.13. The molecule has 56 heavy (non-hydrogen) atoms. The molecule has 5 aromatic rings. The lowest BCUT2D eigenvalue weighted by Gasteiger charge is -2.06. The van der Waals surface area contributed by atoms with E-state index in [9.17, 15) is 40.7 Å². The number of ether oxygens (including phenoxy) is 2. The van der Waals surface area contributed by atoms with Gasteiger partial charge in [-0.15, -0.1) is 0 Å². The van der Waals surface area contributed by atoms with Gasteiger partial charge < -0.3 is 28.7 Å². The van der Waals surface area contributed by atoms with Gasteiger partial charge in [0.25, 0.3) is 11.5 Å². The molecule has 0 radical (unpaired) electrons. The van der Waals surface area contributed by atoms with Gasteiger partial charge in [-0.05, 0) is 26.3 Å². The largest absolute Gasteiger partial charge is 0.514 e. The van der Waals surface area contributed by atoms with E-state index in [4.69, 9.17) is 21.8 Å². The van der Waals surface area contributed by atoms with Crippen LogP contribution in [0.5, 0.6) is 0 Å². The maximum absolute atomic E-state index is 12.8. The Morgan fingerprint density at radius 2 is 1.14 bits per heavy atom. The molecule has 0 bridgehead atoms. The average Bonchev–Trinajstić information content (AvgIpc) is 3.84. The Bertz CT molecular complexity index is 2110. The standard InChI is InChI=1S/C13H10F3NO3.C11H6F3NO3.C8H7ClO.C6H8O2/c1-2-19-12(18)9-10(8-6-4-3-5-7-8)17-20-11(9)13(14,15)16;12-11(13,14)9-7(10(16)17)8(15-18-9)6-4-2-1-3-5-6;9-8(6-10)7-4-2-1-3-5-7;1-3-5-6(7)8-4-2/h3-7H,2H2,1H3;1-5H,(H,16,17);1-6,10H;4H2,1-2H3. The Kier molecular flexibility index (Phi) is 17.9. The lowest BCUT2D eigenvalue weighted by molar-refractivity contribution is -0.156. The van der Waals surface area contributed by atoms with Crippen LogP contribution in [0.1, 0.15) is 58.6 Å². The molecule has 11 nitrogen and oxygen atoms in total. The van der Waals surface area contributed by atoms with Crippen LogP contribution in [-0.2, 0) is 26.6 Å². The topological polar surface area (TPSA) is 162 Å². The molecule has 0 amide bonds. The zero-order valence-electron chi connectivity index (χ0n) is 29.4. The Labute approximate surface area is 320 Å². The van der Waals surface area contributed by atoms with Crippen LogP contribution in [0.25, 0.3) is 27.5 Å². The number of aromatic nitrogens is 2. The van der Waals surface area contributed by atoms with E-state index in [0.29, 0.717) is 17.2 Å². The molecule has 0 unspecified atom stereocenters. The van der Waals surface area contributed by atoms with Gasteiger partial charge in [-0.1, -0.05) is 119 Å². The summed E-state index contributed by atoms with van der Waals surface area (Å²) < 4.78 is 93.7. The highest BCUT2D eigenvalue weighted by Gasteiger charge is 2.44. The smallest absolute Gasteiger partial charge is 0.453 e. The Hall–Kier alpha value is -6.54. The molecule has 0 fully saturated rings. The second-order valence-electron chi connectivity index (χ2n) is 10.2. The number of alkyl halides is 6. The molecule has 2 heterocycles. The molecular formula is C38H31ClF6N2O9. The molecule has 0 aliphatic rings. The fourth-order valence-corrected chi connectivity index (χ4v) is 4.21. The number of carboxylic acid groups (broad SMARTS) is 1. The molecule has 0 spiro atoms. The van der Waals surface area contributed by atoms with Crippen LogP contribution in [0, 0.1) is 11.8 Å². The van der Waals surface area contributed by atoms with Crippen molar-refractivity contribution in [3.05, 3.63) is 125 Å². The molecule has 2 N–H and O–H groups in total. The van der Waals surface area contributed by atoms with Crippen LogP contribution >= 0.6 is 11.6 Å². The Balaban J connectivity index is 0.000000275. The molecular weight excluding hydrogens is 778 g/mol. The predicted octanol–water partition coefficient (Wildman–Crippen LogP) is 9.95. The minimum absolute atomic E-state index is 0.0461. The molecule has 0 atom stereocenters. The van der Waals surface area contributed by atoms with E-state index in [0.717, 1.165) is 11.8 Å². The first-order valence-electron chi connectivity index (χ1n) is 15.8. The number of halogens is 7. The highest BCUT2D eigenvalue weighted by Crippen LogP contribution is 2.38. The van der Waals surface area contributed by atoms with Gasteiger partial charge in [-0.3, -0.25) is 0 Å². The van der Waals surface area contributed by atoms with Crippen molar-refractivity contribution in [3.63, 3.8) is 0 Å². The summed E-state index contributed by atoms with van der Waals surface area (Å²) in [7, 11) is 0. The number of hydrogen-bond donors (Lipinski definition) is 2. The predicted molar refractivity (Wildman–Crippen MR) is 190 cm³/mol. The molecule has 5 rings (SSSR count). The van der Waals surface area contributed by atoms with E-state index in [1.54, 1.807) is 50.2 Å². The summed E-state index contributed by atoms with van der Waals surface area (Å²) in [4.78, 5) is 32.9. The number of esters is 2. The van der Waals surface area contributed by atoms with E-state index in [2.05, 4.69) is 40.7 Å². The van der Waals surface area contributed by atoms with Crippen molar-refractivity contribution in [3.8, 4) is 34.4 Å². The third-order valence-corrected chi connectivity index (χ3v) is 6.67. The summed E-state index contributed by atoms with van der Waals surface area (Å²) in [6.07, 6.45) is -8.83. The zero-order valence-corrected chi connectivity index (χ0v) is 30.2. The molecule has 3 aromatic carbocycles. The first-order chi connectivity index (χ1) is 26.5. The summed E-state index contributed by atoms with van der Waals surface area (Å²) in [5.41, 5.74) is -0.790. The van der Waals surface area contributed by atoms with Gasteiger partial charge in [-0.25, -0.2) is 14.4 Å². The van der Waals surface area contributed by atoms with Crippen molar-refractivity contribution in [2.45, 2.75) is 33.1 Å². The lowest BCUT2D eigenvalue weighted by atomic mass is 10.1. The minimum atomic E-state index is -4.90. The van der Waals surface area contributed by atoms with E-state index >= 15 is 0 Å². The molecule has 296 valence electrons. The van der Waals surface area contributed by atoms with Gasteiger partial charge in [-0.2, -0.15) is 26.3 Å². The number of aromatic carboxylic acids is 1. The Morgan fingerprint density at radius 3 is 1.52 bits per heavy atom. The molecule has 0 aliphatic carbocycles. The first-order valence-corrected chi connectivity index (χ1v) is 16.2. The second kappa shape index (κ2) is 22.0. The van der Waals surface area contributed by atoms with E-state index < -0.39 is 52.9 Å². The van der Waals surface area contributed by atoms with Crippen LogP contribution in [0.2, 0.25) is 0 Å². The van der Waals surface area contributed by atoms with Crippen LogP contribution in [-0.4, -0.2) is 51.6 Å². The van der Waals surface area contributed by atoms with Crippen LogP contribution in [0.4, 0.5) is 26.3 Å². The highest BCUT2D eigenvalue weighted by atomic mass is 35.5. The molecule has 0 saturated carbocycles. The third-order valence-electron chi connectivity index (χ3n) is 6.35. The number of aliphatic hydroxyl groups is 1. The second-order valence-corrected chi connectivity index (χ2v) is 10.6. The summed E-state index contributed by atoms with van der Waals surface area (Å²) in [6, 6.07) is 24.9. The maximum Gasteiger partial charge on any atom is 0.453 e. The highest BCUT2D eigenvalue weighted by molar-refractivity contribution is 6.48. The normalized spacial score (nSPS) is 10.8. The van der Waals surface area contributed by atoms with Crippen molar-refractivity contribution in [2.75, 3.05) is 13.2 Å². The van der Waals surface area contributed by atoms with Crippen molar-refractivity contribution in [1.29, 1.82) is 0 Å². The molecule has 18 heteroatoms. The van der Waals surface area contributed by atoms with E-state index in [1.165, 1.54) is 31.2 Å². The van der Waals surface area contributed by atoms with Crippen molar-refractivity contribution in [2.24, 2.45) is 0 Å². The van der Waals surface area contributed by atoms with Gasteiger partial charge in [0.2, 0.25) is 0 Å². The number of nitrogens with zero attached hydrogens (tertiary/aromatic N) is 2. The summed E-state index contributed by atoms with van der Waals surface area (Å²) >= 11 is 5.60. The number of carbonyl (C=O) groups is 3. The third kappa shape index (κ3) is 13.7. The molecule has 0 aliphatic heterocycles. The maximum atomic E-state index is 12.8. The fraction of sp³-hybridized carbons (Fsp3) is 0.184. The van der Waals surface area contributed by atoms with E-state index in [-0.39, 0.29) is 23.6 Å². The average molecular weight is 809 g/mol. The van der Waals surface area contributed by atoms with Crippen LogP contribution < -0.4 is 0 Å². The van der Waals surface area contributed by atoms with Crippen LogP contribution in [0.15, 0.2) is 106 Å². The summed E-state index contributed by atoms with van der Waals surface area (Å²) in [5.74, 6) is -1.68. The quantitative estimate of drug-likeness (QED) is 0.0529. The van der Waals surface area contributed by atoms with E-state index in [1.807, 2.05) is 30.3 Å².